The summed E-state index contributed by atoms with van der Waals surface area (Å²) in [5.41, 5.74) is 1.48. The molecule has 0 saturated carbocycles. The highest BCUT2D eigenvalue weighted by molar-refractivity contribution is 5.93. The van der Waals surface area contributed by atoms with E-state index in [-0.39, 0.29) is 48.5 Å². The average Bonchev–Trinajstić information content (AvgIpc) is 2.83. The van der Waals surface area contributed by atoms with E-state index < -0.39 is 29.9 Å². The molecule has 0 saturated heterocycles. The zero-order chi connectivity index (χ0) is 27.5. The van der Waals surface area contributed by atoms with Gasteiger partial charge in [-0.15, -0.1) is 0 Å². The van der Waals surface area contributed by atoms with Crippen molar-refractivity contribution in [2.45, 2.75) is 65.1 Å². The van der Waals surface area contributed by atoms with Crippen LogP contribution < -0.4 is 16.0 Å². The number of hydrogen-bond acceptors (Lipinski definition) is 6. The molecular weight excluding hydrogens is 474 g/mol. The van der Waals surface area contributed by atoms with Crippen LogP contribution in [-0.4, -0.2) is 52.3 Å². The molecule has 3 atom stereocenters. The predicted molar refractivity (Wildman–Crippen MR) is 140 cm³/mol. The van der Waals surface area contributed by atoms with Crippen LogP contribution in [0.15, 0.2) is 48.5 Å². The average molecular weight is 512 g/mol. The van der Waals surface area contributed by atoms with Crippen molar-refractivity contribution in [1.82, 2.24) is 16.0 Å². The second kappa shape index (κ2) is 14.0. The summed E-state index contributed by atoms with van der Waals surface area (Å²) in [6.45, 7) is 7.34. The Morgan fingerprint density at radius 3 is 1.73 bits per heavy atom. The molecule has 0 aliphatic heterocycles. The molecule has 0 aliphatic carbocycles. The van der Waals surface area contributed by atoms with Crippen LogP contribution >= 0.6 is 0 Å². The molecular formula is C28H37N3O6. The first kappa shape index (κ1) is 29.4. The van der Waals surface area contributed by atoms with Crippen molar-refractivity contribution in [1.29, 1.82) is 0 Å². The third kappa shape index (κ3) is 9.95. The lowest BCUT2D eigenvalue weighted by Gasteiger charge is -2.26. The molecule has 2 aromatic rings. The quantitative estimate of drug-likeness (QED) is 0.261. The van der Waals surface area contributed by atoms with Gasteiger partial charge in [0.25, 0.3) is 0 Å². The molecule has 0 aromatic heterocycles. The maximum absolute atomic E-state index is 13.3. The summed E-state index contributed by atoms with van der Waals surface area (Å²) in [5.74, 6) is -1.35. The number of aromatic hydroxyl groups is 2. The van der Waals surface area contributed by atoms with Crippen LogP contribution in [0.4, 0.5) is 0 Å². The normalized spacial score (nSPS) is 13.5. The van der Waals surface area contributed by atoms with E-state index in [0.29, 0.717) is 6.29 Å². The number of aldehydes is 1. The number of carbonyl (C=O) groups excluding carboxylic acids is 4. The summed E-state index contributed by atoms with van der Waals surface area (Å²) in [4.78, 5) is 50.5. The van der Waals surface area contributed by atoms with E-state index in [1.54, 1.807) is 38.1 Å². The Balaban J connectivity index is 2.14. The van der Waals surface area contributed by atoms with Gasteiger partial charge in [0.1, 0.15) is 29.9 Å². The molecule has 3 unspecified atom stereocenters. The first-order valence-electron chi connectivity index (χ1n) is 12.4. The number of phenolic OH excluding ortho intramolecular Hbond substituents is 2. The number of rotatable bonds is 13. The fourth-order valence-corrected chi connectivity index (χ4v) is 3.78. The maximum Gasteiger partial charge on any atom is 0.243 e. The molecule has 0 spiro atoms. The monoisotopic (exact) mass is 511 g/mol. The summed E-state index contributed by atoms with van der Waals surface area (Å²) in [6.07, 6.45) is 1.26. The van der Waals surface area contributed by atoms with Crippen molar-refractivity contribution < 1.29 is 29.4 Å². The molecule has 200 valence electrons. The molecule has 5 N–H and O–H groups in total. The van der Waals surface area contributed by atoms with Crippen molar-refractivity contribution in [3.8, 4) is 11.5 Å². The Morgan fingerprint density at radius 1 is 0.757 bits per heavy atom. The Labute approximate surface area is 217 Å². The lowest BCUT2D eigenvalue weighted by atomic mass is 9.99. The highest BCUT2D eigenvalue weighted by Crippen LogP contribution is 2.14. The number of hydrogen-bond donors (Lipinski definition) is 5. The zero-order valence-electron chi connectivity index (χ0n) is 21.7. The fourth-order valence-electron chi connectivity index (χ4n) is 3.78. The SMILES string of the molecule is CC(C)CC(=O)NC(Cc1ccc(O)cc1)C(=O)NC(C(=O)NC(C=O)Cc1ccc(O)cc1)C(C)C. The second-order valence-electron chi connectivity index (χ2n) is 9.94. The lowest BCUT2D eigenvalue weighted by Crippen LogP contribution is -2.57. The number of phenols is 2. The zero-order valence-corrected chi connectivity index (χ0v) is 21.7. The van der Waals surface area contributed by atoms with E-state index in [4.69, 9.17) is 0 Å². The van der Waals surface area contributed by atoms with Crippen molar-refractivity contribution in [3.05, 3.63) is 59.7 Å². The molecule has 3 amide bonds. The molecule has 9 heteroatoms. The fraction of sp³-hybridized carbons (Fsp3) is 0.429. The number of benzene rings is 2. The minimum absolute atomic E-state index is 0.0853. The van der Waals surface area contributed by atoms with Crippen LogP contribution in [0.2, 0.25) is 0 Å². The van der Waals surface area contributed by atoms with Crippen molar-refractivity contribution in [2.24, 2.45) is 11.8 Å². The third-order valence-corrected chi connectivity index (χ3v) is 5.75. The van der Waals surface area contributed by atoms with E-state index >= 15 is 0 Å². The molecule has 0 radical (unpaired) electrons. The second-order valence-corrected chi connectivity index (χ2v) is 9.94. The summed E-state index contributed by atoms with van der Waals surface area (Å²) < 4.78 is 0. The highest BCUT2D eigenvalue weighted by atomic mass is 16.3. The van der Waals surface area contributed by atoms with Crippen LogP contribution in [0.25, 0.3) is 0 Å². The van der Waals surface area contributed by atoms with Crippen LogP contribution in [-0.2, 0) is 32.0 Å². The van der Waals surface area contributed by atoms with Gasteiger partial charge >= 0.3 is 0 Å². The summed E-state index contributed by atoms with van der Waals surface area (Å²) >= 11 is 0. The smallest absolute Gasteiger partial charge is 0.243 e. The third-order valence-electron chi connectivity index (χ3n) is 5.75. The molecule has 37 heavy (non-hydrogen) atoms. The van der Waals surface area contributed by atoms with Gasteiger partial charge in [-0.3, -0.25) is 14.4 Å². The van der Waals surface area contributed by atoms with Gasteiger partial charge in [-0.05, 0) is 53.6 Å². The van der Waals surface area contributed by atoms with Crippen LogP contribution in [0.5, 0.6) is 11.5 Å². The summed E-state index contributed by atoms with van der Waals surface area (Å²) in [7, 11) is 0. The summed E-state index contributed by atoms with van der Waals surface area (Å²) in [5, 5.41) is 27.2. The first-order valence-corrected chi connectivity index (χ1v) is 12.4. The Kier molecular flexibility index (Phi) is 11.1. The van der Waals surface area contributed by atoms with E-state index in [2.05, 4.69) is 16.0 Å². The molecule has 0 aliphatic rings. The summed E-state index contributed by atoms with van der Waals surface area (Å²) in [6, 6.07) is 9.92. The molecule has 2 rings (SSSR count). The molecule has 0 fully saturated rings. The van der Waals surface area contributed by atoms with Gasteiger partial charge in [0, 0.05) is 12.8 Å². The molecule has 0 heterocycles. The number of carbonyl (C=O) groups is 4. The first-order chi connectivity index (χ1) is 17.5. The molecule has 9 nitrogen and oxygen atoms in total. The van der Waals surface area contributed by atoms with Gasteiger partial charge in [0.2, 0.25) is 17.7 Å². The van der Waals surface area contributed by atoms with Gasteiger partial charge in [-0.25, -0.2) is 0 Å². The van der Waals surface area contributed by atoms with E-state index in [1.165, 1.54) is 24.3 Å². The Hall–Kier alpha value is -3.88. The van der Waals surface area contributed by atoms with Gasteiger partial charge in [-0.2, -0.15) is 0 Å². The standard InChI is InChI=1S/C28H37N3O6/c1-17(2)13-25(35)30-24(15-20-7-11-23(34)12-8-20)27(36)31-26(18(3)4)28(37)29-21(16-32)14-19-5-9-22(33)10-6-19/h5-12,16-18,21,24,26,33-34H,13-15H2,1-4H3,(H,29,37)(H,30,35)(H,31,36). The lowest BCUT2D eigenvalue weighted by molar-refractivity contribution is -0.133. The van der Waals surface area contributed by atoms with Crippen LogP contribution in [0.3, 0.4) is 0 Å². The predicted octanol–water partition coefficient (Wildman–Crippen LogP) is 2.24. The largest absolute Gasteiger partial charge is 0.508 e. The maximum atomic E-state index is 13.3. The Bertz CT molecular complexity index is 1050. The molecule has 0 bridgehead atoms. The number of amides is 3. The van der Waals surface area contributed by atoms with E-state index in [1.807, 2.05) is 13.8 Å². The van der Waals surface area contributed by atoms with Gasteiger partial charge in [0.05, 0.1) is 6.04 Å². The van der Waals surface area contributed by atoms with Gasteiger partial charge in [0.15, 0.2) is 0 Å². The van der Waals surface area contributed by atoms with Crippen LogP contribution in [0.1, 0.15) is 45.2 Å². The minimum Gasteiger partial charge on any atom is -0.508 e. The van der Waals surface area contributed by atoms with Gasteiger partial charge < -0.3 is 31.0 Å². The van der Waals surface area contributed by atoms with Crippen LogP contribution in [0, 0.1) is 11.8 Å². The van der Waals surface area contributed by atoms with E-state index in [9.17, 15) is 29.4 Å². The van der Waals surface area contributed by atoms with Crippen molar-refractivity contribution in [2.75, 3.05) is 0 Å². The topological polar surface area (TPSA) is 145 Å². The van der Waals surface area contributed by atoms with Gasteiger partial charge in [-0.1, -0.05) is 52.0 Å². The van der Waals surface area contributed by atoms with Crippen molar-refractivity contribution in [3.63, 3.8) is 0 Å². The Morgan fingerprint density at radius 2 is 1.27 bits per heavy atom. The minimum atomic E-state index is -0.945. The van der Waals surface area contributed by atoms with Crippen molar-refractivity contribution >= 4 is 24.0 Å². The van der Waals surface area contributed by atoms with E-state index in [0.717, 1.165) is 11.1 Å². The highest BCUT2D eigenvalue weighted by Gasteiger charge is 2.30. The number of nitrogens with one attached hydrogen (secondary N) is 3. The molecule has 2 aromatic carbocycles.